The van der Waals surface area contributed by atoms with Gasteiger partial charge in [-0.1, -0.05) is 58.0 Å². The number of benzene rings is 2. The molecule has 0 aliphatic heterocycles. The minimum atomic E-state index is 0.0698. The topological polar surface area (TPSA) is 41.6 Å². The molecule has 0 spiro atoms. The van der Waals surface area contributed by atoms with Crippen LogP contribution in [0.2, 0.25) is 0 Å². The predicted octanol–water partition coefficient (Wildman–Crippen LogP) is 5.55. The summed E-state index contributed by atoms with van der Waals surface area (Å²) in [4.78, 5) is 15.3. The first kappa shape index (κ1) is 21.4. The van der Waals surface area contributed by atoms with Crippen LogP contribution in [0.5, 0.6) is 5.75 Å². The first-order chi connectivity index (χ1) is 13.9. The molecule has 4 heteroatoms. The van der Waals surface area contributed by atoms with E-state index in [1.165, 1.54) is 29.5 Å². The number of rotatable bonds is 9. The fourth-order valence-corrected chi connectivity index (χ4v) is 3.78. The number of hydrogen-bond acceptors (Lipinski definition) is 3. The van der Waals surface area contributed by atoms with Crippen LogP contribution in [0.15, 0.2) is 42.5 Å². The zero-order valence-electron chi connectivity index (χ0n) is 18.4. The summed E-state index contributed by atoms with van der Waals surface area (Å²) in [7, 11) is 1.68. The lowest BCUT2D eigenvalue weighted by Crippen LogP contribution is -2.35. The van der Waals surface area contributed by atoms with Crippen molar-refractivity contribution in [3.63, 3.8) is 0 Å². The number of para-hydroxylation sites is 1. The van der Waals surface area contributed by atoms with Crippen LogP contribution in [0.3, 0.4) is 0 Å². The fraction of sp³-hybridized carbons (Fsp3) is 0.480. The Morgan fingerprint density at radius 3 is 2.10 bits per heavy atom. The Hall–Kier alpha value is -2.33. The molecule has 0 aromatic heterocycles. The largest absolute Gasteiger partial charge is 0.497 e. The maximum atomic E-state index is 13.0. The SMILES string of the molecule is COc1ccc(CN(CC(=O)Nc2c(C(C)C)cccc2C(C)C)C2CC2)cc1. The highest BCUT2D eigenvalue weighted by molar-refractivity contribution is 5.94. The van der Waals surface area contributed by atoms with Crippen molar-refractivity contribution in [2.75, 3.05) is 19.0 Å². The molecule has 29 heavy (non-hydrogen) atoms. The van der Waals surface area contributed by atoms with Gasteiger partial charge < -0.3 is 10.1 Å². The average molecular weight is 395 g/mol. The molecular formula is C25H34N2O2. The van der Waals surface area contributed by atoms with Gasteiger partial charge in [0.15, 0.2) is 0 Å². The summed E-state index contributed by atoms with van der Waals surface area (Å²) in [5.74, 6) is 1.65. The molecule has 1 aliphatic rings. The summed E-state index contributed by atoms with van der Waals surface area (Å²) < 4.78 is 5.25. The standard InChI is InChI=1S/C25H34N2O2/c1-17(2)22-7-6-8-23(18(3)4)25(22)26-24(28)16-27(20-11-12-20)15-19-9-13-21(29-5)14-10-19/h6-10,13-14,17-18,20H,11-12,15-16H2,1-5H3,(H,26,28). The number of anilines is 1. The smallest absolute Gasteiger partial charge is 0.238 e. The molecular weight excluding hydrogens is 360 g/mol. The van der Waals surface area contributed by atoms with Crippen molar-refractivity contribution < 1.29 is 9.53 Å². The van der Waals surface area contributed by atoms with Crippen LogP contribution in [-0.2, 0) is 11.3 Å². The third-order valence-electron chi connectivity index (χ3n) is 5.59. The lowest BCUT2D eigenvalue weighted by Gasteiger charge is -2.24. The second kappa shape index (κ2) is 9.45. The molecule has 0 heterocycles. The molecule has 0 radical (unpaired) electrons. The molecule has 0 unspecified atom stereocenters. The lowest BCUT2D eigenvalue weighted by atomic mass is 9.92. The highest BCUT2D eigenvalue weighted by Crippen LogP contribution is 2.33. The zero-order valence-corrected chi connectivity index (χ0v) is 18.4. The van der Waals surface area contributed by atoms with Gasteiger partial charge in [0, 0.05) is 18.3 Å². The van der Waals surface area contributed by atoms with E-state index in [-0.39, 0.29) is 5.91 Å². The van der Waals surface area contributed by atoms with Crippen LogP contribution in [0.1, 0.15) is 69.1 Å². The van der Waals surface area contributed by atoms with E-state index in [2.05, 4.69) is 68.2 Å². The second-order valence-electron chi connectivity index (χ2n) is 8.65. The summed E-state index contributed by atoms with van der Waals surface area (Å²) in [6.07, 6.45) is 2.34. The van der Waals surface area contributed by atoms with Crippen LogP contribution in [0, 0.1) is 0 Å². The van der Waals surface area contributed by atoms with Gasteiger partial charge in [0.05, 0.1) is 13.7 Å². The number of amides is 1. The van der Waals surface area contributed by atoms with Crippen molar-refractivity contribution in [1.29, 1.82) is 0 Å². The van der Waals surface area contributed by atoms with Gasteiger partial charge >= 0.3 is 0 Å². The zero-order chi connectivity index (χ0) is 21.0. The quantitative estimate of drug-likeness (QED) is 0.607. The number of nitrogens with one attached hydrogen (secondary N) is 1. The van der Waals surface area contributed by atoms with Gasteiger partial charge in [-0.15, -0.1) is 0 Å². The summed E-state index contributed by atoms with van der Waals surface area (Å²) in [6.45, 7) is 9.90. The molecule has 0 saturated heterocycles. The van der Waals surface area contributed by atoms with E-state index in [4.69, 9.17) is 4.74 Å². The molecule has 3 rings (SSSR count). The second-order valence-corrected chi connectivity index (χ2v) is 8.65. The van der Waals surface area contributed by atoms with Gasteiger partial charge in [-0.3, -0.25) is 9.69 Å². The van der Waals surface area contributed by atoms with Gasteiger partial charge in [0.1, 0.15) is 5.75 Å². The van der Waals surface area contributed by atoms with E-state index in [1.807, 2.05) is 12.1 Å². The van der Waals surface area contributed by atoms with E-state index in [0.717, 1.165) is 18.0 Å². The van der Waals surface area contributed by atoms with Crippen molar-refractivity contribution in [3.8, 4) is 5.75 Å². The Labute approximate surface area is 175 Å². The molecule has 1 N–H and O–H groups in total. The Balaban J connectivity index is 1.73. The Kier molecular flexibility index (Phi) is 6.96. The molecule has 1 aliphatic carbocycles. The van der Waals surface area contributed by atoms with Gasteiger partial charge in [0.2, 0.25) is 5.91 Å². The predicted molar refractivity (Wildman–Crippen MR) is 120 cm³/mol. The Bertz CT molecular complexity index is 797. The van der Waals surface area contributed by atoms with Gasteiger partial charge in [-0.25, -0.2) is 0 Å². The Morgan fingerprint density at radius 2 is 1.62 bits per heavy atom. The van der Waals surface area contributed by atoms with E-state index < -0.39 is 0 Å². The molecule has 1 fully saturated rings. The number of hydrogen-bond donors (Lipinski definition) is 1. The fourth-order valence-electron chi connectivity index (χ4n) is 3.78. The van der Waals surface area contributed by atoms with Crippen LogP contribution in [0.4, 0.5) is 5.69 Å². The van der Waals surface area contributed by atoms with Crippen molar-refractivity contribution in [2.45, 2.75) is 65.0 Å². The van der Waals surface area contributed by atoms with Crippen LogP contribution in [-0.4, -0.2) is 30.5 Å². The first-order valence-electron chi connectivity index (χ1n) is 10.7. The maximum absolute atomic E-state index is 13.0. The molecule has 0 atom stereocenters. The lowest BCUT2D eigenvalue weighted by molar-refractivity contribution is -0.117. The van der Waals surface area contributed by atoms with E-state index >= 15 is 0 Å². The summed E-state index contributed by atoms with van der Waals surface area (Å²) >= 11 is 0. The minimum Gasteiger partial charge on any atom is -0.497 e. The average Bonchev–Trinajstić information content (AvgIpc) is 3.53. The molecule has 4 nitrogen and oxygen atoms in total. The first-order valence-corrected chi connectivity index (χ1v) is 10.7. The molecule has 156 valence electrons. The minimum absolute atomic E-state index is 0.0698. The van der Waals surface area contributed by atoms with Crippen LogP contribution >= 0.6 is 0 Å². The van der Waals surface area contributed by atoms with Gasteiger partial charge in [-0.2, -0.15) is 0 Å². The number of nitrogens with zero attached hydrogens (tertiary/aromatic N) is 1. The molecule has 1 saturated carbocycles. The van der Waals surface area contributed by atoms with E-state index in [1.54, 1.807) is 7.11 Å². The number of carbonyl (C=O) groups is 1. The molecule has 2 aromatic carbocycles. The van der Waals surface area contributed by atoms with Gasteiger partial charge in [0.25, 0.3) is 0 Å². The molecule has 2 aromatic rings. The normalized spacial score (nSPS) is 13.9. The van der Waals surface area contributed by atoms with Gasteiger partial charge in [-0.05, 0) is 53.5 Å². The van der Waals surface area contributed by atoms with Crippen molar-refractivity contribution in [1.82, 2.24) is 4.90 Å². The third-order valence-corrected chi connectivity index (χ3v) is 5.59. The number of ether oxygens (including phenoxy) is 1. The highest BCUT2D eigenvalue weighted by atomic mass is 16.5. The van der Waals surface area contributed by atoms with Crippen LogP contribution < -0.4 is 10.1 Å². The van der Waals surface area contributed by atoms with E-state index in [0.29, 0.717) is 24.4 Å². The maximum Gasteiger partial charge on any atom is 0.238 e. The van der Waals surface area contributed by atoms with Crippen molar-refractivity contribution in [2.24, 2.45) is 0 Å². The van der Waals surface area contributed by atoms with Crippen molar-refractivity contribution >= 4 is 11.6 Å². The number of carbonyl (C=O) groups excluding carboxylic acids is 1. The van der Waals surface area contributed by atoms with Crippen LogP contribution in [0.25, 0.3) is 0 Å². The summed E-state index contributed by atoms with van der Waals surface area (Å²) in [5, 5.41) is 3.26. The van der Waals surface area contributed by atoms with Crippen molar-refractivity contribution in [3.05, 3.63) is 59.2 Å². The Morgan fingerprint density at radius 1 is 1.03 bits per heavy atom. The van der Waals surface area contributed by atoms with E-state index in [9.17, 15) is 4.79 Å². The molecule has 1 amide bonds. The third kappa shape index (κ3) is 5.60. The highest BCUT2D eigenvalue weighted by Gasteiger charge is 2.30. The number of methoxy groups -OCH3 is 1. The summed E-state index contributed by atoms with van der Waals surface area (Å²) in [6, 6.07) is 15.0. The summed E-state index contributed by atoms with van der Waals surface area (Å²) in [5.41, 5.74) is 4.62. The molecule has 0 bridgehead atoms. The monoisotopic (exact) mass is 394 g/mol.